The Hall–Kier alpha value is -2.54. The van der Waals surface area contributed by atoms with Gasteiger partial charge in [0, 0.05) is 16.8 Å². The Morgan fingerprint density at radius 3 is 2.29 bits per heavy atom. The van der Waals surface area contributed by atoms with Gasteiger partial charge in [-0.3, -0.25) is 0 Å². The lowest BCUT2D eigenvalue weighted by Gasteiger charge is -2.10. The normalized spacial score (nSPS) is 11.3. The Morgan fingerprint density at radius 1 is 0.714 bits per heavy atom. The molecule has 0 radical (unpaired) electrons. The van der Waals surface area contributed by atoms with Gasteiger partial charge in [-0.2, -0.15) is 0 Å². The molecule has 4 rings (SSSR count). The van der Waals surface area contributed by atoms with Crippen molar-refractivity contribution >= 4 is 21.7 Å². The van der Waals surface area contributed by atoms with Crippen LogP contribution in [0.2, 0.25) is 0 Å². The van der Waals surface area contributed by atoms with Crippen LogP contribution in [0.25, 0.3) is 27.4 Å². The molecule has 0 fully saturated rings. The van der Waals surface area contributed by atoms with Crippen LogP contribution >= 0.6 is 0 Å². The van der Waals surface area contributed by atoms with Gasteiger partial charge >= 0.3 is 0 Å². The first-order chi connectivity index (χ1) is 10.3. The number of rotatable bonds is 1. The minimum Gasteiger partial charge on any atom is -0.314 e. The van der Waals surface area contributed by atoms with Crippen molar-refractivity contribution in [2.75, 3.05) is 0 Å². The maximum absolute atomic E-state index is 2.36. The van der Waals surface area contributed by atoms with Crippen LogP contribution < -0.4 is 0 Å². The van der Waals surface area contributed by atoms with Crippen LogP contribution in [0.3, 0.4) is 0 Å². The van der Waals surface area contributed by atoms with Crippen molar-refractivity contribution < 1.29 is 0 Å². The fourth-order valence-corrected chi connectivity index (χ4v) is 3.18. The van der Waals surface area contributed by atoms with E-state index in [0.29, 0.717) is 0 Å². The third-order valence-corrected chi connectivity index (χ3v) is 4.42. The van der Waals surface area contributed by atoms with Crippen molar-refractivity contribution in [2.45, 2.75) is 13.8 Å². The molecule has 102 valence electrons. The van der Waals surface area contributed by atoms with E-state index < -0.39 is 0 Å². The first-order valence-electron chi connectivity index (χ1n) is 7.31. The highest BCUT2D eigenvalue weighted by molar-refractivity contribution is 5.89. The molecule has 0 N–H and O–H groups in total. The number of aromatic nitrogens is 1. The first kappa shape index (κ1) is 12.2. The molecule has 1 heteroatoms. The van der Waals surface area contributed by atoms with Crippen molar-refractivity contribution in [1.82, 2.24) is 4.57 Å². The van der Waals surface area contributed by atoms with Crippen molar-refractivity contribution in [1.29, 1.82) is 0 Å². The average Bonchev–Trinajstić information content (AvgIpc) is 2.79. The van der Waals surface area contributed by atoms with Gasteiger partial charge in [-0.15, -0.1) is 0 Å². The van der Waals surface area contributed by atoms with Gasteiger partial charge in [-0.05, 0) is 48.4 Å². The van der Waals surface area contributed by atoms with Crippen LogP contribution in [0.15, 0.2) is 66.7 Å². The molecule has 21 heavy (non-hydrogen) atoms. The Kier molecular flexibility index (Phi) is 2.61. The molecule has 4 aromatic rings. The summed E-state index contributed by atoms with van der Waals surface area (Å²) >= 11 is 0. The number of hydrogen-bond donors (Lipinski definition) is 0. The lowest BCUT2D eigenvalue weighted by Crippen LogP contribution is -1.96. The molecule has 0 saturated carbocycles. The van der Waals surface area contributed by atoms with Gasteiger partial charge in [0.25, 0.3) is 0 Å². The monoisotopic (exact) mass is 271 g/mol. The van der Waals surface area contributed by atoms with Gasteiger partial charge in [-0.25, -0.2) is 0 Å². The largest absolute Gasteiger partial charge is 0.314 e. The van der Waals surface area contributed by atoms with E-state index in [1.807, 2.05) is 0 Å². The molecule has 0 saturated heterocycles. The van der Waals surface area contributed by atoms with Crippen molar-refractivity contribution in [2.24, 2.45) is 0 Å². The van der Waals surface area contributed by atoms with E-state index in [2.05, 4.69) is 85.1 Å². The van der Waals surface area contributed by atoms with Crippen LogP contribution in [0, 0.1) is 13.8 Å². The maximum Gasteiger partial charge on any atom is 0.0534 e. The van der Waals surface area contributed by atoms with Gasteiger partial charge < -0.3 is 4.57 Å². The Labute approximate surface area is 124 Å². The zero-order chi connectivity index (χ0) is 14.4. The minimum absolute atomic E-state index is 1.23. The van der Waals surface area contributed by atoms with E-state index in [1.54, 1.807) is 0 Å². The van der Waals surface area contributed by atoms with E-state index >= 15 is 0 Å². The number of nitrogens with zero attached hydrogens (tertiary/aromatic N) is 1. The average molecular weight is 271 g/mol. The first-order valence-corrected chi connectivity index (χ1v) is 7.31. The van der Waals surface area contributed by atoms with Gasteiger partial charge in [0.2, 0.25) is 0 Å². The summed E-state index contributed by atoms with van der Waals surface area (Å²) in [7, 11) is 0. The van der Waals surface area contributed by atoms with Crippen molar-refractivity contribution in [3.8, 4) is 5.69 Å². The molecule has 3 aromatic carbocycles. The summed E-state index contributed by atoms with van der Waals surface area (Å²) in [5, 5.41) is 3.90. The van der Waals surface area contributed by atoms with Gasteiger partial charge in [0.05, 0.1) is 5.52 Å². The lowest BCUT2D eigenvalue weighted by atomic mass is 10.1. The van der Waals surface area contributed by atoms with E-state index in [0.717, 1.165) is 0 Å². The lowest BCUT2D eigenvalue weighted by molar-refractivity contribution is 1.04. The third kappa shape index (κ3) is 1.78. The maximum atomic E-state index is 2.36. The molecule has 0 aliphatic rings. The predicted octanol–water partition coefficient (Wildman–Crippen LogP) is 5.40. The zero-order valence-electron chi connectivity index (χ0n) is 12.3. The Balaban J connectivity index is 2.06. The highest BCUT2D eigenvalue weighted by Gasteiger charge is 2.11. The van der Waals surface area contributed by atoms with Crippen LogP contribution in [0.4, 0.5) is 0 Å². The molecule has 1 aromatic heterocycles. The summed E-state index contributed by atoms with van der Waals surface area (Å²) in [4.78, 5) is 0. The SMILES string of the molecule is Cc1c(C)n(-c2ccc3ccccc3c2)c2ccccc12. The predicted molar refractivity (Wildman–Crippen MR) is 90.3 cm³/mol. The van der Waals surface area contributed by atoms with E-state index in [9.17, 15) is 0 Å². The van der Waals surface area contributed by atoms with E-state index in [4.69, 9.17) is 0 Å². The Bertz CT molecular complexity index is 960. The molecule has 0 aliphatic heterocycles. The smallest absolute Gasteiger partial charge is 0.0534 e. The van der Waals surface area contributed by atoms with Crippen molar-refractivity contribution in [3.63, 3.8) is 0 Å². The van der Waals surface area contributed by atoms with Crippen molar-refractivity contribution in [3.05, 3.63) is 78.0 Å². The summed E-state index contributed by atoms with van der Waals surface area (Å²) in [5.41, 5.74) is 5.18. The number of benzene rings is 3. The van der Waals surface area contributed by atoms with E-state index in [-0.39, 0.29) is 0 Å². The molecular weight excluding hydrogens is 254 g/mol. The standard InChI is InChI=1S/C20H17N/c1-14-15(2)21(20-10-6-5-9-19(14)20)18-12-11-16-7-3-4-8-17(16)13-18/h3-13H,1-2H3. The zero-order valence-corrected chi connectivity index (χ0v) is 12.3. The van der Waals surface area contributed by atoms with Gasteiger partial charge in [0.15, 0.2) is 0 Å². The summed E-state index contributed by atoms with van der Waals surface area (Å²) < 4.78 is 2.36. The molecule has 0 aliphatic carbocycles. The topological polar surface area (TPSA) is 4.93 Å². The molecule has 0 bridgehead atoms. The third-order valence-electron chi connectivity index (χ3n) is 4.42. The summed E-state index contributed by atoms with van der Waals surface area (Å²) in [5.74, 6) is 0. The number of hydrogen-bond acceptors (Lipinski definition) is 0. The number of fused-ring (bicyclic) bond motifs is 2. The summed E-state index contributed by atoms with van der Waals surface area (Å²) in [6.45, 7) is 4.40. The Morgan fingerprint density at radius 2 is 1.43 bits per heavy atom. The number of para-hydroxylation sites is 1. The summed E-state index contributed by atoms with van der Waals surface area (Å²) in [6.07, 6.45) is 0. The second-order valence-electron chi connectivity index (χ2n) is 5.59. The molecule has 1 heterocycles. The quantitative estimate of drug-likeness (QED) is 0.437. The van der Waals surface area contributed by atoms with Crippen LogP contribution in [-0.4, -0.2) is 4.57 Å². The minimum atomic E-state index is 1.23. The van der Waals surface area contributed by atoms with Crippen LogP contribution in [0.1, 0.15) is 11.3 Å². The summed E-state index contributed by atoms with van der Waals surface area (Å²) in [6, 6.07) is 23.8. The molecule has 1 nitrogen and oxygen atoms in total. The second kappa shape index (κ2) is 4.49. The fourth-order valence-electron chi connectivity index (χ4n) is 3.18. The van der Waals surface area contributed by atoms with Gasteiger partial charge in [0.1, 0.15) is 0 Å². The number of aryl methyl sites for hydroxylation is 1. The highest BCUT2D eigenvalue weighted by Crippen LogP contribution is 2.29. The molecule has 0 atom stereocenters. The molecule has 0 unspecified atom stereocenters. The van der Waals surface area contributed by atoms with E-state index in [1.165, 1.54) is 38.6 Å². The van der Waals surface area contributed by atoms with Crippen LogP contribution in [-0.2, 0) is 0 Å². The molecule has 0 amide bonds. The van der Waals surface area contributed by atoms with Gasteiger partial charge in [-0.1, -0.05) is 48.5 Å². The molecular formula is C20H17N. The fraction of sp³-hybridized carbons (Fsp3) is 0.100. The van der Waals surface area contributed by atoms with Crippen LogP contribution in [0.5, 0.6) is 0 Å². The highest BCUT2D eigenvalue weighted by atomic mass is 15.0. The molecule has 0 spiro atoms. The second-order valence-corrected chi connectivity index (χ2v) is 5.59.